The van der Waals surface area contributed by atoms with Crippen molar-refractivity contribution in [3.8, 4) is 0 Å². The number of alkyl halides is 3. The molecule has 0 fully saturated rings. The first-order valence-electron chi connectivity index (χ1n) is 8.00. The summed E-state index contributed by atoms with van der Waals surface area (Å²) in [6, 6.07) is 13.4. The average Bonchev–Trinajstić information content (AvgIpc) is 3.15. The second-order valence-electron chi connectivity index (χ2n) is 5.78. The van der Waals surface area contributed by atoms with Gasteiger partial charge in [-0.3, -0.25) is 9.59 Å². The van der Waals surface area contributed by atoms with Gasteiger partial charge in [0.2, 0.25) is 5.91 Å². The van der Waals surface area contributed by atoms with E-state index < -0.39 is 35.8 Å². The number of furan rings is 1. The van der Waals surface area contributed by atoms with Crippen molar-refractivity contribution >= 4 is 5.91 Å². The van der Waals surface area contributed by atoms with Gasteiger partial charge < -0.3 is 14.3 Å². The number of carbonyl (C=O) groups is 1. The SMILES string of the molecule is O=C(Cn1cccc(C(F)(F)F)c1=O)NC(c1ccccc1)c1ccco1. The molecule has 140 valence electrons. The maximum Gasteiger partial charge on any atom is 0.421 e. The molecular formula is C19H15F3N2O3. The molecule has 1 unspecified atom stereocenters. The second kappa shape index (κ2) is 7.53. The molecule has 0 spiro atoms. The van der Waals surface area contributed by atoms with E-state index in [0.29, 0.717) is 11.8 Å². The molecule has 1 amide bonds. The molecule has 3 aromatic rings. The van der Waals surface area contributed by atoms with Gasteiger partial charge in [-0.25, -0.2) is 0 Å². The average molecular weight is 376 g/mol. The summed E-state index contributed by atoms with van der Waals surface area (Å²) >= 11 is 0. The van der Waals surface area contributed by atoms with Crippen LogP contribution in [0.25, 0.3) is 0 Å². The molecule has 0 saturated heterocycles. The van der Waals surface area contributed by atoms with Crippen LogP contribution in [0.1, 0.15) is 22.9 Å². The van der Waals surface area contributed by atoms with E-state index in [9.17, 15) is 22.8 Å². The Hall–Kier alpha value is -3.29. The van der Waals surface area contributed by atoms with Crippen molar-refractivity contribution in [1.29, 1.82) is 0 Å². The van der Waals surface area contributed by atoms with Gasteiger partial charge in [0.15, 0.2) is 0 Å². The van der Waals surface area contributed by atoms with Gasteiger partial charge in [-0.15, -0.1) is 0 Å². The highest BCUT2D eigenvalue weighted by Crippen LogP contribution is 2.26. The van der Waals surface area contributed by atoms with Crippen molar-refractivity contribution in [1.82, 2.24) is 9.88 Å². The van der Waals surface area contributed by atoms with Crippen molar-refractivity contribution in [3.05, 3.63) is 94.3 Å². The highest BCUT2D eigenvalue weighted by Gasteiger charge is 2.34. The topological polar surface area (TPSA) is 64.2 Å². The number of nitrogens with zero attached hydrogens (tertiary/aromatic N) is 1. The number of pyridine rings is 1. The molecule has 0 bridgehead atoms. The molecule has 0 radical (unpaired) electrons. The van der Waals surface area contributed by atoms with Crippen LogP contribution in [0.2, 0.25) is 0 Å². The number of carbonyl (C=O) groups excluding carboxylic acids is 1. The molecule has 1 N–H and O–H groups in total. The summed E-state index contributed by atoms with van der Waals surface area (Å²) in [4.78, 5) is 24.4. The number of rotatable bonds is 5. The number of hydrogen-bond acceptors (Lipinski definition) is 3. The lowest BCUT2D eigenvalue weighted by molar-refractivity contribution is -0.139. The second-order valence-corrected chi connectivity index (χ2v) is 5.78. The van der Waals surface area contributed by atoms with E-state index in [1.54, 1.807) is 36.4 Å². The van der Waals surface area contributed by atoms with E-state index in [0.717, 1.165) is 22.4 Å². The van der Waals surface area contributed by atoms with Crippen molar-refractivity contribution < 1.29 is 22.4 Å². The largest absolute Gasteiger partial charge is 0.467 e. The maximum atomic E-state index is 12.9. The van der Waals surface area contributed by atoms with Crippen LogP contribution in [0.4, 0.5) is 13.2 Å². The highest BCUT2D eigenvalue weighted by molar-refractivity contribution is 5.76. The smallest absolute Gasteiger partial charge is 0.421 e. The van der Waals surface area contributed by atoms with Gasteiger partial charge in [0.25, 0.3) is 5.56 Å². The fraction of sp³-hybridized carbons (Fsp3) is 0.158. The van der Waals surface area contributed by atoms with Crippen molar-refractivity contribution in [2.45, 2.75) is 18.8 Å². The number of nitrogens with one attached hydrogen (secondary N) is 1. The molecule has 8 heteroatoms. The van der Waals surface area contributed by atoms with Gasteiger partial charge in [0.1, 0.15) is 23.9 Å². The third-order valence-corrected chi connectivity index (χ3v) is 3.91. The van der Waals surface area contributed by atoms with Gasteiger partial charge in [0.05, 0.1) is 6.26 Å². The first-order chi connectivity index (χ1) is 12.9. The van der Waals surface area contributed by atoms with Crippen LogP contribution in [-0.4, -0.2) is 10.5 Å². The van der Waals surface area contributed by atoms with Crippen LogP contribution in [-0.2, 0) is 17.5 Å². The van der Waals surface area contributed by atoms with E-state index in [1.807, 2.05) is 6.07 Å². The fourth-order valence-electron chi connectivity index (χ4n) is 2.66. The Morgan fingerprint density at radius 2 is 1.81 bits per heavy atom. The number of halogens is 3. The van der Waals surface area contributed by atoms with Crippen LogP contribution in [0, 0.1) is 0 Å². The van der Waals surface area contributed by atoms with Crippen LogP contribution in [0.3, 0.4) is 0 Å². The predicted molar refractivity (Wildman–Crippen MR) is 90.8 cm³/mol. The quantitative estimate of drug-likeness (QED) is 0.743. The standard InChI is InChI=1S/C19H15F3N2O3/c20-19(21,22)14-8-4-10-24(18(14)26)12-16(25)23-17(15-9-5-11-27-15)13-6-2-1-3-7-13/h1-11,17H,12H2,(H,23,25). The molecule has 5 nitrogen and oxygen atoms in total. The summed E-state index contributed by atoms with van der Waals surface area (Å²) in [5.74, 6) is -0.160. The molecule has 1 aromatic carbocycles. The molecule has 0 saturated carbocycles. The first-order valence-corrected chi connectivity index (χ1v) is 8.00. The van der Waals surface area contributed by atoms with Gasteiger partial charge in [-0.2, -0.15) is 13.2 Å². The summed E-state index contributed by atoms with van der Waals surface area (Å²) in [5.41, 5.74) is -1.85. The normalized spacial score (nSPS) is 12.6. The molecule has 27 heavy (non-hydrogen) atoms. The molecule has 0 aliphatic heterocycles. The Morgan fingerprint density at radius 3 is 2.44 bits per heavy atom. The highest BCUT2D eigenvalue weighted by atomic mass is 19.4. The summed E-state index contributed by atoms with van der Waals surface area (Å²) < 4.78 is 44.7. The Kier molecular flexibility index (Phi) is 5.16. The Balaban J connectivity index is 1.83. The molecule has 2 heterocycles. The number of hydrogen-bond donors (Lipinski definition) is 1. The minimum absolute atomic E-state index is 0.464. The summed E-state index contributed by atoms with van der Waals surface area (Å²) in [6.45, 7) is -0.549. The zero-order valence-electron chi connectivity index (χ0n) is 13.9. The van der Waals surface area contributed by atoms with Crippen LogP contribution < -0.4 is 10.9 Å². The molecular weight excluding hydrogens is 361 g/mol. The predicted octanol–water partition coefficient (Wildman–Crippen LogP) is 3.37. The Labute approximate surface area is 152 Å². The van der Waals surface area contributed by atoms with E-state index in [1.165, 1.54) is 6.26 Å². The van der Waals surface area contributed by atoms with Gasteiger partial charge in [0, 0.05) is 6.20 Å². The third kappa shape index (κ3) is 4.28. The van der Waals surface area contributed by atoms with E-state index in [4.69, 9.17) is 4.42 Å². The minimum Gasteiger partial charge on any atom is -0.467 e. The van der Waals surface area contributed by atoms with Crippen LogP contribution >= 0.6 is 0 Å². The van der Waals surface area contributed by atoms with Crippen molar-refractivity contribution in [2.24, 2.45) is 0 Å². The lowest BCUT2D eigenvalue weighted by Gasteiger charge is -2.18. The lowest BCUT2D eigenvalue weighted by Crippen LogP contribution is -2.36. The zero-order chi connectivity index (χ0) is 19.4. The number of amides is 1. The van der Waals surface area contributed by atoms with Crippen LogP contribution in [0.15, 0.2) is 76.3 Å². The van der Waals surface area contributed by atoms with Gasteiger partial charge >= 0.3 is 6.18 Å². The summed E-state index contributed by atoms with van der Waals surface area (Å²) in [7, 11) is 0. The van der Waals surface area contributed by atoms with Crippen molar-refractivity contribution in [2.75, 3.05) is 0 Å². The number of aromatic nitrogens is 1. The van der Waals surface area contributed by atoms with E-state index in [-0.39, 0.29) is 0 Å². The zero-order valence-corrected chi connectivity index (χ0v) is 13.9. The Morgan fingerprint density at radius 1 is 1.07 bits per heavy atom. The monoisotopic (exact) mass is 376 g/mol. The van der Waals surface area contributed by atoms with Crippen molar-refractivity contribution in [3.63, 3.8) is 0 Å². The lowest BCUT2D eigenvalue weighted by atomic mass is 10.0. The molecule has 3 rings (SSSR count). The van der Waals surface area contributed by atoms with Gasteiger partial charge in [-0.05, 0) is 29.8 Å². The van der Waals surface area contributed by atoms with E-state index >= 15 is 0 Å². The maximum absolute atomic E-state index is 12.9. The van der Waals surface area contributed by atoms with Gasteiger partial charge in [-0.1, -0.05) is 30.3 Å². The minimum atomic E-state index is -4.78. The van der Waals surface area contributed by atoms with E-state index in [2.05, 4.69) is 5.32 Å². The third-order valence-electron chi connectivity index (χ3n) is 3.91. The first kappa shape index (κ1) is 18.5. The molecule has 2 aromatic heterocycles. The fourth-order valence-corrected chi connectivity index (χ4v) is 2.66. The molecule has 1 atom stereocenters. The number of benzene rings is 1. The Bertz CT molecular complexity index is 964. The molecule has 0 aliphatic rings. The summed E-state index contributed by atoms with van der Waals surface area (Å²) in [5, 5.41) is 2.70. The summed E-state index contributed by atoms with van der Waals surface area (Å²) in [6.07, 6.45) is -2.19. The molecule has 0 aliphatic carbocycles. The van der Waals surface area contributed by atoms with Crippen LogP contribution in [0.5, 0.6) is 0 Å².